The number of unbranched alkanes of at least 4 members (excludes halogenated alkanes) is 1. The van der Waals surface area contributed by atoms with Gasteiger partial charge in [0.15, 0.2) is 5.96 Å². The quantitative estimate of drug-likeness (QED) is 0.559. The summed E-state index contributed by atoms with van der Waals surface area (Å²) in [7, 11) is 1.85. The molecule has 1 aromatic rings. The van der Waals surface area contributed by atoms with E-state index in [1.54, 1.807) is 11.3 Å². The fourth-order valence-corrected chi connectivity index (χ4v) is 3.97. The van der Waals surface area contributed by atoms with Gasteiger partial charge in [-0.1, -0.05) is 19.8 Å². The Hall–Kier alpha value is -1.14. The van der Waals surface area contributed by atoms with Crippen LogP contribution in [0.25, 0.3) is 0 Å². The molecule has 1 aliphatic heterocycles. The number of rotatable bonds is 8. The molecule has 2 N–H and O–H groups in total. The molecule has 1 unspecified atom stereocenters. The average molecular weight is 352 g/mol. The van der Waals surface area contributed by atoms with Crippen LogP contribution in [0.4, 0.5) is 0 Å². The summed E-state index contributed by atoms with van der Waals surface area (Å²) in [6, 6.07) is 0.644. The molecule has 0 saturated carbocycles. The number of aryl methyl sites for hydroxylation is 1. The molecule has 1 aromatic heterocycles. The summed E-state index contributed by atoms with van der Waals surface area (Å²) in [5.41, 5.74) is 0. The fraction of sp³-hybridized carbons (Fsp3) is 0.778. The predicted octanol–water partition coefficient (Wildman–Crippen LogP) is 2.81. The van der Waals surface area contributed by atoms with Gasteiger partial charge in [0.2, 0.25) is 0 Å². The van der Waals surface area contributed by atoms with E-state index in [-0.39, 0.29) is 0 Å². The second-order valence-corrected chi connectivity index (χ2v) is 7.85. The molecular formula is C18H33N5S. The number of thiazole rings is 1. The zero-order chi connectivity index (χ0) is 17.2. The Labute approximate surface area is 151 Å². The third kappa shape index (κ3) is 6.40. The topological polar surface area (TPSA) is 52.5 Å². The highest BCUT2D eigenvalue weighted by atomic mass is 32.1. The van der Waals surface area contributed by atoms with Gasteiger partial charge >= 0.3 is 0 Å². The molecule has 136 valence electrons. The molecule has 0 spiro atoms. The van der Waals surface area contributed by atoms with Gasteiger partial charge < -0.3 is 10.6 Å². The van der Waals surface area contributed by atoms with E-state index in [1.807, 2.05) is 13.2 Å². The monoisotopic (exact) mass is 351 g/mol. The Bertz CT molecular complexity index is 499. The Morgan fingerprint density at radius 3 is 3.00 bits per heavy atom. The molecule has 0 aliphatic carbocycles. The van der Waals surface area contributed by atoms with Crippen molar-refractivity contribution in [3.8, 4) is 0 Å². The standard InChI is InChI=1S/C18H33N5S/c1-4-5-11-23-12-7-6-8-16(23)14-22-18(19-3)20-10-9-17-21-13-15(2)24-17/h13,16H,4-12,14H2,1-3H3,(H2,19,20,22). The first-order chi connectivity index (χ1) is 11.7. The normalized spacial score (nSPS) is 19.5. The maximum absolute atomic E-state index is 4.41. The lowest BCUT2D eigenvalue weighted by molar-refractivity contribution is 0.147. The lowest BCUT2D eigenvalue weighted by Gasteiger charge is -2.36. The van der Waals surface area contributed by atoms with E-state index in [4.69, 9.17) is 0 Å². The van der Waals surface area contributed by atoms with Crippen molar-refractivity contribution in [3.63, 3.8) is 0 Å². The Morgan fingerprint density at radius 1 is 1.42 bits per heavy atom. The van der Waals surface area contributed by atoms with Crippen LogP contribution >= 0.6 is 11.3 Å². The number of aromatic nitrogens is 1. The fourth-order valence-electron chi connectivity index (χ4n) is 3.19. The van der Waals surface area contributed by atoms with Gasteiger partial charge in [0, 0.05) is 43.7 Å². The van der Waals surface area contributed by atoms with Crippen molar-refractivity contribution >= 4 is 17.3 Å². The molecule has 0 bridgehead atoms. The van der Waals surface area contributed by atoms with Gasteiger partial charge in [-0.05, 0) is 39.3 Å². The maximum atomic E-state index is 4.41. The van der Waals surface area contributed by atoms with E-state index in [2.05, 4.69) is 39.4 Å². The molecule has 24 heavy (non-hydrogen) atoms. The smallest absolute Gasteiger partial charge is 0.191 e. The minimum absolute atomic E-state index is 0.644. The highest BCUT2D eigenvalue weighted by Gasteiger charge is 2.21. The molecule has 1 saturated heterocycles. The van der Waals surface area contributed by atoms with E-state index >= 15 is 0 Å². The van der Waals surface area contributed by atoms with E-state index in [0.29, 0.717) is 6.04 Å². The van der Waals surface area contributed by atoms with E-state index in [0.717, 1.165) is 25.5 Å². The summed E-state index contributed by atoms with van der Waals surface area (Å²) in [4.78, 5) is 12.7. The van der Waals surface area contributed by atoms with Crippen molar-refractivity contribution in [1.29, 1.82) is 0 Å². The molecule has 1 aliphatic rings. The Morgan fingerprint density at radius 2 is 2.29 bits per heavy atom. The molecule has 0 aromatic carbocycles. The van der Waals surface area contributed by atoms with Crippen molar-refractivity contribution in [2.24, 2.45) is 4.99 Å². The van der Waals surface area contributed by atoms with Crippen molar-refractivity contribution in [1.82, 2.24) is 20.5 Å². The minimum atomic E-state index is 0.644. The zero-order valence-electron chi connectivity index (χ0n) is 15.5. The van der Waals surface area contributed by atoms with E-state index < -0.39 is 0 Å². The van der Waals surface area contributed by atoms with Crippen molar-refractivity contribution in [2.45, 2.75) is 58.4 Å². The van der Waals surface area contributed by atoms with Crippen LogP contribution in [-0.4, -0.2) is 55.1 Å². The molecule has 5 nitrogen and oxygen atoms in total. The van der Waals surface area contributed by atoms with Crippen molar-refractivity contribution in [3.05, 3.63) is 16.1 Å². The lowest BCUT2D eigenvalue weighted by Crippen LogP contribution is -2.49. The number of nitrogens with zero attached hydrogens (tertiary/aromatic N) is 3. The number of hydrogen-bond acceptors (Lipinski definition) is 4. The third-order valence-corrected chi connectivity index (χ3v) is 5.55. The number of guanidine groups is 1. The lowest BCUT2D eigenvalue weighted by atomic mass is 10.0. The first-order valence-corrected chi connectivity index (χ1v) is 10.1. The van der Waals surface area contributed by atoms with E-state index in [1.165, 1.54) is 55.1 Å². The summed E-state index contributed by atoms with van der Waals surface area (Å²) in [5, 5.41) is 8.12. The van der Waals surface area contributed by atoms with Gasteiger partial charge in [-0.2, -0.15) is 0 Å². The number of nitrogens with one attached hydrogen (secondary N) is 2. The van der Waals surface area contributed by atoms with Crippen LogP contribution in [0.15, 0.2) is 11.2 Å². The zero-order valence-corrected chi connectivity index (χ0v) is 16.3. The van der Waals surface area contributed by atoms with Crippen LogP contribution in [0.2, 0.25) is 0 Å². The van der Waals surface area contributed by atoms with Gasteiger partial charge in [-0.25, -0.2) is 4.98 Å². The first-order valence-electron chi connectivity index (χ1n) is 9.32. The van der Waals surface area contributed by atoms with Crippen LogP contribution in [0, 0.1) is 6.92 Å². The van der Waals surface area contributed by atoms with Crippen LogP contribution in [0.3, 0.4) is 0 Å². The van der Waals surface area contributed by atoms with Crippen LogP contribution in [0.1, 0.15) is 48.9 Å². The van der Waals surface area contributed by atoms with Gasteiger partial charge in [-0.3, -0.25) is 9.89 Å². The van der Waals surface area contributed by atoms with E-state index in [9.17, 15) is 0 Å². The van der Waals surface area contributed by atoms with Crippen LogP contribution in [-0.2, 0) is 6.42 Å². The summed E-state index contributed by atoms with van der Waals surface area (Å²) >= 11 is 1.77. The highest BCUT2D eigenvalue weighted by molar-refractivity contribution is 7.11. The minimum Gasteiger partial charge on any atom is -0.356 e. The molecule has 0 radical (unpaired) electrons. The summed E-state index contributed by atoms with van der Waals surface area (Å²) in [5.74, 6) is 0.907. The summed E-state index contributed by atoms with van der Waals surface area (Å²) < 4.78 is 0. The van der Waals surface area contributed by atoms with Crippen molar-refractivity contribution in [2.75, 3.05) is 33.2 Å². The second-order valence-electron chi connectivity index (χ2n) is 6.53. The number of aliphatic imine (C=N–C) groups is 1. The van der Waals surface area contributed by atoms with Crippen molar-refractivity contribution < 1.29 is 0 Å². The Balaban J connectivity index is 1.71. The average Bonchev–Trinajstić information content (AvgIpc) is 3.02. The molecule has 0 amide bonds. The van der Waals surface area contributed by atoms with Gasteiger partial charge in [0.25, 0.3) is 0 Å². The second kappa shape index (κ2) is 10.7. The predicted molar refractivity (Wildman–Crippen MR) is 104 cm³/mol. The van der Waals surface area contributed by atoms with Crippen LogP contribution in [0.5, 0.6) is 0 Å². The molecule has 1 atom stereocenters. The molecule has 2 rings (SSSR count). The van der Waals surface area contributed by atoms with Crippen LogP contribution < -0.4 is 10.6 Å². The SMILES string of the molecule is CCCCN1CCCCC1CNC(=NC)NCCc1ncc(C)s1. The summed E-state index contributed by atoms with van der Waals surface area (Å²) in [6.07, 6.45) is 9.47. The Kier molecular flexibility index (Phi) is 8.53. The highest BCUT2D eigenvalue weighted by Crippen LogP contribution is 2.17. The third-order valence-electron chi connectivity index (χ3n) is 4.58. The maximum Gasteiger partial charge on any atom is 0.191 e. The number of likely N-dealkylation sites (tertiary alicyclic amines) is 1. The molecule has 6 heteroatoms. The molecular weight excluding hydrogens is 318 g/mol. The largest absolute Gasteiger partial charge is 0.356 e. The van der Waals surface area contributed by atoms with Gasteiger partial charge in [0.1, 0.15) is 0 Å². The summed E-state index contributed by atoms with van der Waals surface area (Å²) in [6.45, 7) is 8.72. The first kappa shape index (κ1) is 19.2. The number of hydrogen-bond donors (Lipinski definition) is 2. The molecule has 1 fully saturated rings. The van der Waals surface area contributed by atoms with Gasteiger partial charge in [0.05, 0.1) is 5.01 Å². The van der Waals surface area contributed by atoms with Gasteiger partial charge in [-0.15, -0.1) is 11.3 Å². The number of piperidine rings is 1. The molecule has 2 heterocycles.